The molecular weight excluding hydrogens is 397 g/mol. The lowest BCUT2D eigenvalue weighted by molar-refractivity contribution is -0.137. The van der Waals surface area contributed by atoms with Crippen LogP contribution < -0.4 is 10.6 Å². The molecule has 1 heterocycles. The predicted octanol–water partition coefficient (Wildman–Crippen LogP) is 3.95. The highest BCUT2D eigenvalue weighted by Crippen LogP contribution is 2.34. The fourth-order valence-corrected chi connectivity index (χ4v) is 2.78. The monoisotopic (exact) mass is 416 g/mol. The highest BCUT2D eigenvalue weighted by atomic mass is 35.5. The number of aromatic nitrogens is 2. The topological polar surface area (TPSA) is 76.0 Å². The number of nitrogens with zero attached hydrogens (tertiary/aromatic N) is 2. The fourth-order valence-electron chi connectivity index (χ4n) is 2.58. The van der Waals surface area contributed by atoms with Crippen molar-refractivity contribution in [2.24, 2.45) is 5.92 Å². The summed E-state index contributed by atoms with van der Waals surface area (Å²) in [6, 6.07) is 3.53. The van der Waals surface area contributed by atoms with Crippen LogP contribution in [0.2, 0.25) is 5.02 Å². The van der Waals surface area contributed by atoms with Gasteiger partial charge >= 0.3 is 6.18 Å². The molecule has 28 heavy (non-hydrogen) atoms. The third-order valence-electron chi connectivity index (χ3n) is 3.89. The summed E-state index contributed by atoms with van der Waals surface area (Å²) in [6.07, 6.45) is -4.56. The molecule has 2 amide bonds. The van der Waals surface area contributed by atoms with Gasteiger partial charge in [0.25, 0.3) is 0 Å². The van der Waals surface area contributed by atoms with Gasteiger partial charge in [-0.1, -0.05) is 25.4 Å². The lowest BCUT2D eigenvalue weighted by atomic mass is 10.0. The summed E-state index contributed by atoms with van der Waals surface area (Å²) in [7, 11) is 0. The van der Waals surface area contributed by atoms with Gasteiger partial charge in [-0.3, -0.25) is 9.59 Å². The summed E-state index contributed by atoms with van der Waals surface area (Å²) in [5, 5.41) is 9.34. The van der Waals surface area contributed by atoms with E-state index >= 15 is 0 Å². The number of amides is 2. The van der Waals surface area contributed by atoms with Crippen molar-refractivity contribution in [3.05, 3.63) is 40.5 Å². The van der Waals surface area contributed by atoms with Gasteiger partial charge < -0.3 is 10.6 Å². The molecule has 0 aliphatic carbocycles. The number of halogens is 4. The van der Waals surface area contributed by atoms with Crippen LogP contribution >= 0.6 is 11.6 Å². The minimum absolute atomic E-state index is 0.0273. The van der Waals surface area contributed by atoms with Gasteiger partial charge in [-0.05, 0) is 31.0 Å². The first-order chi connectivity index (χ1) is 12.9. The molecule has 10 heteroatoms. The number of aryl methyl sites for hydroxylation is 1. The minimum Gasteiger partial charge on any atom is -0.344 e. The van der Waals surface area contributed by atoms with Crippen molar-refractivity contribution in [2.75, 3.05) is 5.32 Å². The Kier molecular flexibility index (Phi) is 6.38. The molecule has 0 fully saturated rings. The maximum Gasteiger partial charge on any atom is 0.416 e. The number of hydrogen-bond donors (Lipinski definition) is 2. The Bertz CT molecular complexity index is 893. The van der Waals surface area contributed by atoms with E-state index in [9.17, 15) is 22.8 Å². The molecule has 0 saturated carbocycles. The van der Waals surface area contributed by atoms with Crippen molar-refractivity contribution < 1.29 is 22.8 Å². The second-order valence-electron chi connectivity index (χ2n) is 6.66. The van der Waals surface area contributed by atoms with Crippen molar-refractivity contribution in [1.29, 1.82) is 0 Å². The molecule has 2 N–H and O–H groups in total. The van der Waals surface area contributed by atoms with Crippen molar-refractivity contribution in [3.63, 3.8) is 0 Å². The number of alkyl halides is 3. The van der Waals surface area contributed by atoms with Crippen LogP contribution in [0.5, 0.6) is 0 Å². The van der Waals surface area contributed by atoms with E-state index in [0.717, 1.165) is 22.9 Å². The molecule has 0 aliphatic rings. The molecule has 1 aromatic heterocycles. The average molecular weight is 417 g/mol. The van der Waals surface area contributed by atoms with Crippen LogP contribution in [0.25, 0.3) is 5.69 Å². The van der Waals surface area contributed by atoms with Crippen molar-refractivity contribution >= 4 is 29.2 Å². The van der Waals surface area contributed by atoms with Gasteiger partial charge in [0.1, 0.15) is 11.9 Å². The zero-order chi connectivity index (χ0) is 21.2. The quantitative estimate of drug-likeness (QED) is 0.774. The molecule has 2 aromatic rings. The maximum atomic E-state index is 13.1. The second-order valence-corrected chi connectivity index (χ2v) is 7.07. The highest BCUT2D eigenvalue weighted by molar-refractivity contribution is 6.32. The van der Waals surface area contributed by atoms with Crippen LogP contribution in [0.3, 0.4) is 0 Å². The summed E-state index contributed by atoms with van der Waals surface area (Å²) in [6.45, 7) is 6.43. The maximum absolute atomic E-state index is 13.1. The standard InChI is InChI=1S/C18H20ClF3N4O2/c1-9(2)16(23-11(4)27)17(28)24-15-7-10(3)25-26(15)14-8-12(18(20,21)22)5-6-13(14)19/h5-9,16H,1-4H3,(H,23,27)(H,24,28). The normalized spacial score (nSPS) is 12.8. The second kappa shape index (κ2) is 8.22. The van der Waals surface area contributed by atoms with E-state index in [2.05, 4.69) is 15.7 Å². The van der Waals surface area contributed by atoms with Gasteiger partial charge in [-0.2, -0.15) is 18.3 Å². The minimum atomic E-state index is -4.56. The van der Waals surface area contributed by atoms with Gasteiger partial charge in [-0.25, -0.2) is 4.68 Å². The number of carbonyl (C=O) groups excluding carboxylic acids is 2. The Balaban J connectivity index is 2.44. The van der Waals surface area contributed by atoms with Gasteiger partial charge in [0.2, 0.25) is 11.8 Å². The highest BCUT2D eigenvalue weighted by Gasteiger charge is 2.32. The van der Waals surface area contributed by atoms with E-state index in [1.807, 2.05) is 0 Å². The molecule has 1 aromatic carbocycles. The van der Waals surface area contributed by atoms with Gasteiger partial charge in [0.15, 0.2) is 0 Å². The summed E-state index contributed by atoms with van der Waals surface area (Å²) >= 11 is 6.08. The Morgan fingerprint density at radius 2 is 1.86 bits per heavy atom. The van der Waals surface area contributed by atoms with E-state index in [0.29, 0.717) is 5.69 Å². The number of anilines is 1. The average Bonchev–Trinajstić information content (AvgIpc) is 2.91. The Morgan fingerprint density at radius 3 is 2.39 bits per heavy atom. The molecule has 0 saturated heterocycles. The van der Waals surface area contributed by atoms with Crippen LogP contribution in [0.4, 0.5) is 19.0 Å². The summed E-state index contributed by atoms with van der Waals surface area (Å²) in [5.41, 5.74) is -0.458. The summed E-state index contributed by atoms with van der Waals surface area (Å²) < 4.78 is 40.3. The van der Waals surface area contributed by atoms with Gasteiger partial charge in [0.05, 0.1) is 22.0 Å². The fraction of sp³-hybridized carbons (Fsp3) is 0.389. The molecule has 1 unspecified atom stereocenters. The molecule has 2 rings (SSSR count). The van der Waals surface area contributed by atoms with Crippen LogP contribution in [-0.2, 0) is 15.8 Å². The van der Waals surface area contributed by atoms with E-state index < -0.39 is 23.7 Å². The molecule has 0 aliphatic heterocycles. The first-order valence-electron chi connectivity index (χ1n) is 8.42. The number of carbonyl (C=O) groups is 2. The smallest absolute Gasteiger partial charge is 0.344 e. The van der Waals surface area contributed by atoms with Gasteiger partial charge in [0, 0.05) is 13.0 Å². The Morgan fingerprint density at radius 1 is 1.21 bits per heavy atom. The molecule has 0 bridgehead atoms. The summed E-state index contributed by atoms with van der Waals surface area (Å²) in [4.78, 5) is 24.0. The molecule has 152 valence electrons. The summed E-state index contributed by atoms with van der Waals surface area (Å²) in [5.74, 6) is -0.966. The van der Waals surface area contributed by atoms with E-state index in [1.54, 1.807) is 20.8 Å². The van der Waals surface area contributed by atoms with Crippen LogP contribution in [0, 0.1) is 12.8 Å². The molecule has 0 spiro atoms. The van der Waals surface area contributed by atoms with Crippen molar-refractivity contribution in [3.8, 4) is 5.69 Å². The zero-order valence-electron chi connectivity index (χ0n) is 15.7. The van der Waals surface area contributed by atoms with Gasteiger partial charge in [-0.15, -0.1) is 0 Å². The molecule has 1 atom stereocenters. The molecule has 0 radical (unpaired) electrons. The Hall–Kier alpha value is -2.55. The molecule has 6 nitrogen and oxygen atoms in total. The van der Waals surface area contributed by atoms with Crippen LogP contribution in [-0.4, -0.2) is 27.6 Å². The SMILES string of the molecule is CC(=O)NC(C(=O)Nc1cc(C)nn1-c1cc(C(F)(F)F)ccc1Cl)C(C)C. The Labute approximate surface area is 165 Å². The number of nitrogens with one attached hydrogen (secondary N) is 2. The number of rotatable bonds is 5. The lowest BCUT2D eigenvalue weighted by Gasteiger charge is -2.21. The van der Waals surface area contributed by atoms with E-state index in [-0.39, 0.29) is 28.4 Å². The first-order valence-corrected chi connectivity index (χ1v) is 8.79. The van der Waals surface area contributed by atoms with Crippen LogP contribution in [0.1, 0.15) is 32.0 Å². The number of hydrogen-bond acceptors (Lipinski definition) is 3. The van der Waals surface area contributed by atoms with E-state index in [4.69, 9.17) is 11.6 Å². The van der Waals surface area contributed by atoms with Crippen molar-refractivity contribution in [2.45, 2.75) is 39.9 Å². The lowest BCUT2D eigenvalue weighted by Crippen LogP contribution is -2.46. The third-order valence-corrected chi connectivity index (χ3v) is 4.21. The molecular formula is C18H20ClF3N4O2. The third kappa shape index (κ3) is 5.03. The first kappa shape index (κ1) is 21.7. The number of benzene rings is 1. The van der Waals surface area contributed by atoms with E-state index in [1.165, 1.54) is 13.0 Å². The van der Waals surface area contributed by atoms with Crippen LogP contribution in [0.15, 0.2) is 24.3 Å². The predicted molar refractivity (Wildman–Crippen MR) is 99.4 cm³/mol. The zero-order valence-corrected chi connectivity index (χ0v) is 16.4. The van der Waals surface area contributed by atoms with Crippen molar-refractivity contribution in [1.82, 2.24) is 15.1 Å². The largest absolute Gasteiger partial charge is 0.416 e.